The number of hydrogen-bond donors (Lipinski definition) is 6. The third-order valence-corrected chi connectivity index (χ3v) is 16.5. The number of aromatic hydroxyl groups is 1. The van der Waals surface area contributed by atoms with Gasteiger partial charge in [-0.2, -0.15) is 0 Å². The molecule has 1 aromatic rings. The number of unbranched alkanes of at least 4 members (excludes halogenated alkanes) is 2. The zero-order valence-electron chi connectivity index (χ0n) is 46.0. The van der Waals surface area contributed by atoms with E-state index >= 15 is 0 Å². The van der Waals surface area contributed by atoms with Gasteiger partial charge in [0.2, 0.25) is 11.8 Å². The number of carbonyl (C=O) groups excluding carboxylic acids is 4. The number of nitrogens with zero attached hydrogens (tertiary/aromatic N) is 3. The molecule has 6 N–H and O–H groups in total. The Morgan fingerprint density at radius 2 is 1.81 bits per heavy atom. The molecule has 424 valence electrons. The Morgan fingerprint density at radius 1 is 1.01 bits per heavy atom. The van der Waals surface area contributed by atoms with Crippen LogP contribution in [-0.2, 0) is 47.5 Å². The van der Waals surface area contributed by atoms with Crippen molar-refractivity contribution in [3.05, 3.63) is 81.3 Å². The van der Waals surface area contributed by atoms with Crippen molar-refractivity contribution in [2.45, 2.75) is 198 Å². The van der Waals surface area contributed by atoms with Crippen LogP contribution in [0.15, 0.2) is 70.4 Å². The number of methoxy groups -OCH3 is 1. The minimum atomic E-state index is -1.86. The van der Waals surface area contributed by atoms with Gasteiger partial charge in [-0.05, 0) is 92.7 Å². The van der Waals surface area contributed by atoms with Crippen LogP contribution in [0, 0.1) is 23.7 Å². The number of ether oxygens (including phenoxy) is 7. The summed E-state index contributed by atoms with van der Waals surface area (Å²) in [6, 6.07) is 3.52. The number of esters is 1. The molecule has 2 bridgehead atoms. The van der Waals surface area contributed by atoms with Gasteiger partial charge in [-0.15, -0.1) is 0 Å². The van der Waals surface area contributed by atoms with Gasteiger partial charge in [-0.3, -0.25) is 19.2 Å². The molecule has 5 heterocycles. The number of carbonyl (C=O) groups is 4. The van der Waals surface area contributed by atoms with E-state index in [0.717, 1.165) is 18.4 Å². The Morgan fingerprint density at radius 3 is 2.55 bits per heavy atom. The van der Waals surface area contributed by atoms with E-state index in [-0.39, 0.29) is 78.9 Å². The van der Waals surface area contributed by atoms with Crippen molar-refractivity contribution in [2.75, 3.05) is 26.8 Å². The molecule has 1 aliphatic carbocycles. The lowest BCUT2D eigenvalue weighted by molar-refractivity contribution is -0.340. The van der Waals surface area contributed by atoms with Gasteiger partial charge in [-0.25, -0.2) is 0 Å². The van der Waals surface area contributed by atoms with Gasteiger partial charge in [0.05, 0.1) is 48.7 Å². The molecule has 5 aliphatic heterocycles. The Balaban J connectivity index is 0.968. The van der Waals surface area contributed by atoms with Gasteiger partial charge in [0, 0.05) is 75.2 Å². The average molecular weight is 1080 g/mol. The first-order chi connectivity index (χ1) is 36.8. The number of rotatable bonds is 17. The predicted molar refractivity (Wildman–Crippen MR) is 284 cm³/mol. The number of hydrogen-bond acceptors (Lipinski definition) is 15. The van der Waals surface area contributed by atoms with Gasteiger partial charge >= 0.3 is 5.97 Å². The summed E-state index contributed by atoms with van der Waals surface area (Å²) in [6.45, 7) is 14.7. The van der Waals surface area contributed by atoms with Crippen molar-refractivity contribution in [3.8, 4) is 5.75 Å². The highest BCUT2D eigenvalue weighted by Crippen LogP contribution is 2.48. The van der Waals surface area contributed by atoms with Gasteiger partial charge in [0.1, 0.15) is 35.6 Å². The lowest BCUT2D eigenvalue weighted by Gasteiger charge is -2.51. The molecule has 0 saturated carbocycles. The smallest absolute Gasteiger partial charge is 0.316 e. The van der Waals surface area contributed by atoms with Gasteiger partial charge in [-0.1, -0.05) is 82.1 Å². The van der Waals surface area contributed by atoms with Crippen LogP contribution in [0.2, 0.25) is 0 Å². The van der Waals surface area contributed by atoms with E-state index in [2.05, 4.69) is 52.8 Å². The molecule has 6 aliphatic rings. The summed E-state index contributed by atoms with van der Waals surface area (Å²) in [6.07, 6.45) is 10.1. The van der Waals surface area contributed by atoms with Gasteiger partial charge in [0.15, 0.2) is 12.1 Å². The van der Waals surface area contributed by atoms with Crippen LogP contribution >= 0.6 is 0 Å². The van der Waals surface area contributed by atoms with Crippen molar-refractivity contribution in [1.82, 2.24) is 16.0 Å². The van der Waals surface area contributed by atoms with Crippen LogP contribution in [0.4, 0.5) is 5.69 Å². The summed E-state index contributed by atoms with van der Waals surface area (Å²) < 4.78 is 45.8. The van der Waals surface area contributed by atoms with E-state index < -0.39 is 78.1 Å². The number of azide groups is 1. The first kappa shape index (κ1) is 59.5. The van der Waals surface area contributed by atoms with Crippen LogP contribution in [-0.4, -0.2) is 138 Å². The van der Waals surface area contributed by atoms with E-state index in [9.17, 15) is 34.5 Å². The molecule has 20 nitrogen and oxygen atoms in total. The fourth-order valence-electron chi connectivity index (χ4n) is 11.9. The van der Waals surface area contributed by atoms with Crippen LogP contribution in [0.1, 0.15) is 136 Å². The van der Waals surface area contributed by atoms with E-state index in [1.807, 2.05) is 32.9 Å². The van der Waals surface area contributed by atoms with Crippen molar-refractivity contribution < 1.29 is 67.7 Å². The summed E-state index contributed by atoms with van der Waals surface area (Å²) in [5, 5.41) is 45.9. The minimum Gasteiger partial charge on any atom is -0.507 e. The number of nitrogens with one attached hydrogen (secondary N) is 3. The SMILES string of the molecule is CCC(C)[C@H]1O[C@]2(CC[C@@H]1C)C[C@@H]1C[C@@H](C/C=C(\C)C(O[C@H]3C[C@H](OC)[C@@H](NC(=O)CCNC(=O)CCCCCNC(=O)c4ccc(N=[N+]=[N-])cc4O)[C@H](C)O3)[C@@H](C)/C=C/C=C3\COC4[C@H](O)C(C)=C[C@@H](C(=O)O1)[C@]34O)O2. The summed E-state index contributed by atoms with van der Waals surface area (Å²) >= 11 is 0. The monoisotopic (exact) mass is 1070 g/mol. The van der Waals surface area contributed by atoms with Crippen LogP contribution in [0.3, 0.4) is 0 Å². The number of phenolic OH excluding ortho intramolecular Hbond substituents is 1. The zero-order chi connectivity index (χ0) is 55.6. The average Bonchev–Trinajstić information content (AvgIpc) is 3.80. The Labute approximate surface area is 452 Å². The number of phenols is 1. The van der Waals surface area contributed by atoms with E-state index in [0.29, 0.717) is 75.0 Å². The quantitative estimate of drug-likeness (QED) is 0.0223. The fraction of sp³-hybridized carbons (Fsp3) is 0.684. The molecule has 0 radical (unpaired) electrons. The largest absolute Gasteiger partial charge is 0.507 e. The second kappa shape index (κ2) is 26.7. The highest BCUT2D eigenvalue weighted by atomic mass is 16.7. The van der Waals surface area contributed by atoms with Crippen LogP contribution in [0.25, 0.3) is 10.4 Å². The third kappa shape index (κ3) is 14.4. The summed E-state index contributed by atoms with van der Waals surface area (Å²) in [5.74, 6) is -3.55. The molecule has 3 amide bonds. The van der Waals surface area contributed by atoms with Crippen molar-refractivity contribution in [1.29, 1.82) is 0 Å². The molecular weight excluding hydrogens is 993 g/mol. The second-order valence-electron chi connectivity index (χ2n) is 22.1. The predicted octanol–water partition coefficient (Wildman–Crippen LogP) is 7.33. The Kier molecular flexibility index (Phi) is 20.6. The maximum atomic E-state index is 14.4. The molecule has 1 aromatic carbocycles. The molecule has 0 aromatic heterocycles. The number of aliphatic hydroxyl groups excluding tert-OH is 1. The summed E-state index contributed by atoms with van der Waals surface area (Å²) in [7, 11) is 1.59. The normalized spacial score (nSPS) is 36.5. The summed E-state index contributed by atoms with van der Waals surface area (Å²) in [4.78, 5) is 55.4. The number of amides is 3. The fourth-order valence-corrected chi connectivity index (χ4v) is 11.9. The highest BCUT2D eigenvalue weighted by Gasteiger charge is 2.60. The molecule has 20 heteroatoms. The molecule has 1 spiro atoms. The maximum absolute atomic E-state index is 14.4. The standard InChI is InChI=1S/C57H82N6O14/c1-9-32(2)52-35(5)21-23-56(77-52)30-41-28-40(76-56)19-17-34(4)51(33(3)14-13-15-38-31-72-53-50(67)36(6)26-43(55(69)74-41)57(38,53)70)75-48-29-45(71-8)49(37(7)73-48)61-47(66)22-25-59-46(65)16-11-10-12-24-60-54(68)42-20-18-39(62-63-58)27-44(42)64/h13-15,17-18,20,26-27,32-33,35,37,40-41,43,45,48-53,64,67,70H,9-12,16,19,21-25,28-31H2,1-8H3,(H,59,65)(H,60,68)(H,61,66)/b14-13+,34-17+,38-15+/t32?,33-,35-,37-,40+,41-,43-,45-,48-,49-,50+,51?,52+,53?,56+,57+/m0/s1. The molecule has 4 saturated heterocycles. The first-order valence-corrected chi connectivity index (χ1v) is 27.7. The number of aliphatic hydroxyl groups is 2. The molecule has 77 heavy (non-hydrogen) atoms. The number of allylic oxidation sites excluding steroid dienone is 2. The second-order valence-corrected chi connectivity index (χ2v) is 22.1. The lowest BCUT2D eigenvalue weighted by atomic mass is 9.71. The molecule has 4 fully saturated rings. The van der Waals surface area contributed by atoms with E-state index in [1.54, 1.807) is 26.2 Å². The van der Waals surface area contributed by atoms with Crippen molar-refractivity contribution >= 4 is 29.4 Å². The Hall–Kier alpha value is -5.15. The van der Waals surface area contributed by atoms with Crippen molar-refractivity contribution in [3.63, 3.8) is 0 Å². The molecule has 7 rings (SSSR count). The first-order valence-electron chi connectivity index (χ1n) is 27.7. The van der Waals surface area contributed by atoms with Gasteiger partial charge < -0.3 is 64.4 Å². The number of benzene rings is 1. The maximum Gasteiger partial charge on any atom is 0.316 e. The topological polar surface area (TPSA) is 278 Å². The van der Waals surface area contributed by atoms with Crippen molar-refractivity contribution in [2.24, 2.45) is 28.8 Å². The molecular formula is C57H82N6O14. The minimum absolute atomic E-state index is 0.00634. The Bertz CT molecular complexity index is 2440. The van der Waals surface area contributed by atoms with E-state index in [4.69, 9.17) is 38.7 Å². The number of fused-ring (bicyclic) bond motifs is 2. The molecule has 16 atom stereocenters. The zero-order valence-corrected chi connectivity index (χ0v) is 46.0. The third-order valence-electron chi connectivity index (χ3n) is 16.5. The van der Waals surface area contributed by atoms with Gasteiger partial charge in [0.25, 0.3) is 5.91 Å². The lowest BCUT2D eigenvalue weighted by Crippen LogP contribution is -2.58. The molecule has 3 unspecified atom stereocenters. The van der Waals surface area contributed by atoms with E-state index in [1.165, 1.54) is 18.2 Å². The van der Waals surface area contributed by atoms with Crippen LogP contribution < -0.4 is 16.0 Å². The summed E-state index contributed by atoms with van der Waals surface area (Å²) in [5.41, 5.74) is 8.86. The van der Waals surface area contributed by atoms with Crippen LogP contribution in [0.5, 0.6) is 5.75 Å². The highest BCUT2D eigenvalue weighted by molar-refractivity contribution is 5.97.